The van der Waals surface area contributed by atoms with Crippen molar-refractivity contribution in [2.24, 2.45) is 0 Å². The molecule has 0 saturated heterocycles. The van der Waals surface area contributed by atoms with Gasteiger partial charge in [0.1, 0.15) is 0 Å². The number of carboxylic acid groups (broad SMARTS) is 1. The van der Waals surface area contributed by atoms with Gasteiger partial charge in [-0.2, -0.15) is 0 Å². The average Bonchev–Trinajstić information content (AvgIpc) is 2.07. The molecule has 4 nitrogen and oxygen atoms in total. The van der Waals surface area contributed by atoms with Crippen molar-refractivity contribution in [3.8, 4) is 11.5 Å². The first kappa shape index (κ1) is 12.6. The fraction of sp³-hybridized carbons (Fsp3) is 0. The van der Waals surface area contributed by atoms with Crippen LogP contribution in [0.25, 0.3) is 6.08 Å². The van der Waals surface area contributed by atoms with E-state index in [4.69, 9.17) is 15.3 Å². The number of aliphatic carboxylic acids is 1. The van der Waals surface area contributed by atoms with Crippen LogP contribution in [0, 0.1) is 0 Å². The van der Waals surface area contributed by atoms with Crippen molar-refractivity contribution in [2.75, 3.05) is 0 Å². The maximum absolute atomic E-state index is 10.1. The van der Waals surface area contributed by atoms with Crippen molar-refractivity contribution in [1.29, 1.82) is 0 Å². The third-order valence-electron chi connectivity index (χ3n) is 1.42. The van der Waals surface area contributed by atoms with Crippen LogP contribution in [-0.2, 0) is 4.79 Å². The summed E-state index contributed by atoms with van der Waals surface area (Å²) < 4.78 is 0. The van der Waals surface area contributed by atoms with Gasteiger partial charge in [-0.1, -0.05) is 6.07 Å². The van der Waals surface area contributed by atoms with E-state index >= 15 is 0 Å². The summed E-state index contributed by atoms with van der Waals surface area (Å²) in [5.74, 6) is -1.56. The summed E-state index contributed by atoms with van der Waals surface area (Å²) in [5.41, 5.74) is 0.512. The molecule has 0 saturated carbocycles. The number of aromatic hydroxyl groups is 2. The van der Waals surface area contributed by atoms with Crippen LogP contribution < -0.4 is 0 Å². The number of carbonyl (C=O) groups is 1. The van der Waals surface area contributed by atoms with Crippen LogP contribution in [0.15, 0.2) is 24.3 Å². The quantitative estimate of drug-likeness (QED) is 0.387. The third kappa shape index (κ3) is 3.53. The molecule has 0 fully saturated rings. The second-order valence-corrected chi connectivity index (χ2v) is 2.42. The summed E-state index contributed by atoms with van der Waals surface area (Å²) in [6.07, 6.45) is 2.27. The van der Waals surface area contributed by atoms with E-state index in [1.54, 1.807) is 0 Å². The zero-order chi connectivity index (χ0) is 9.84. The van der Waals surface area contributed by atoms with Gasteiger partial charge in [0.05, 0.1) is 0 Å². The topological polar surface area (TPSA) is 77.8 Å². The first-order valence-corrected chi connectivity index (χ1v) is 3.52. The molecular weight excluding hydrogens is 245 g/mol. The number of carboxylic acids is 1. The number of phenolic OH excluding ortho intramolecular Hbond substituents is 2. The fourth-order valence-corrected chi connectivity index (χ4v) is 0.812. The number of phenols is 2. The van der Waals surface area contributed by atoms with Crippen molar-refractivity contribution >= 4 is 29.6 Å². The Balaban J connectivity index is 0.00000169. The van der Waals surface area contributed by atoms with Crippen LogP contribution >= 0.6 is 0 Å². The molecule has 3 N–H and O–H groups in total. The maximum atomic E-state index is 10.1. The Morgan fingerprint density at radius 1 is 1.21 bits per heavy atom. The van der Waals surface area contributed by atoms with Crippen LogP contribution in [0.5, 0.6) is 11.5 Å². The van der Waals surface area contributed by atoms with Crippen LogP contribution in [0.1, 0.15) is 5.56 Å². The van der Waals surface area contributed by atoms with E-state index in [1.807, 2.05) is 0 Å². The molecule has 0 aliphatic heterocycles. The molecular formula is C9H12GeO4. The van der Waals surface area contributed by atoms with Crippen LogP contribution in [0.2, 0.25) is 0 Å². The predicted octanol–water partition coefficient (Wildman–Crippen LogP) is -0.256. The van der Waals surface area contributed by atoms with Crippen LogP contribution in [0.3, 0.4) is 0 Å². The summed E-state index contributed by atoms with van der Waals surface area (Å²) in [6, 6.07) is 4.06. The van der Waals surface area contributed by atoms with E-state index in [0.29, 0.717) is 5.56 Å². The summed E-state index contributed by atoms with van der Waals surface area (Å²) in [6.45, 7) is 0. The van der Waals surface area contributed by atoms with E-state index < -0.39 is 5.97 Å². The van der Waals surface area contributed by atoms with Crippen LogP contribution in [-0.4, -0.2) is 38.9 Å². The Morgan fingerprint density at radius 2 is 1.86 bits per heavy atom. The summed E-state index contributed by atoms with van der Waals surface area (Å²) >= 11 is 0. The number of benzene rings is 1. The Kier molecular flexibility index (Phi) is 4.79. The van der Waals surface area contributed by atoms with Crippen molar-refractivity contribution in [3.05, 3.63) is 29.8 Å². The molecule has 0 bridgehead atoms. The van der Waals surface area contributed by atoms with Gasteiger partial charge in [-0.05, 0) is 23.8 Å². The SMILES string of the molecule is O=C(O)/C=C/c1ccc(O)c(O)c1.[GeH4]. The molecule has 5 heteroatoms. The molecule has 0 unspecified atom stereocenters. The Hall–Kier alpha value is -1.43. The molecule has 0 amide bonds. The van der Waals surface area contributed by atoms with Crippen LogP contribution in [0.4, 0.5) is 0 Å². The molecule has 76 valence electrons. The number of rotatable bonds is 2. The van der Waals surface area contributed by atoms with Gasteiger partial charge < -0.3 is 15.3 Å². The zero-order valence-electron chi connectivity index (χ0n) is 6.64. The van der Waals surface area contributed by atoms with E-state index in [-0.39, 0.29) is 29.1 Å². The van der Waals surface area contributed by atoms with Gasteiger partial charge in [0, 0.05) is 6.08 Å². The normalized spacial score (nSPS) is 9.71. The second-order valence-electron chi connectivity index (χ2n) is 2.42. The van der Waals surface area contributed by atoms with Crippen molar-refractivity contribution in [3.63, 3.8) is 0 Å². The molecule has 0 radical (unpaired) electrons. The first-order valence-electron chi connectivity index (χ1n) is 3.52. The van der Waals surface area contributed by atoms with Gasteiger partial charge >= 0.3 is 23.6 Å². The molecule has 0 aliphatic carbocycles. The molecule has 0 atom stereocenters. The van der Waals surface area contributed by atoms with E-state index in [0.717, 1.165) is 6.08 Å². The second kappa shape index (κ2) is 5.33. The van der Waals surface area contributed by atoms with Gasteiger partial charge in [0.25, 0.3) is 0 Å². The number of hydrogen-bond acceptors (Lipinski definition) is 3. The van der Waals surface area contributed by atoms with Gasteiger partial charge in [0.15, 0.2) is 11.5 Å². The molecule has 1 rings (SSSR count). The summed E-state index contributed by atoms with van der Waals surface area (Å²) in [5, 5.41) is 26.3. The van der Waals surface area contributed by atoms with Crippen molar-refractivity contribution < 1.29 is 20.1 Å². The minimum atomic E-state index is -1.06. The molecule has 0 heterocycles. The number of hydrogen-bond donors (Lipinski definition) is 3. The Bertz CT molecular complexity index is 360. The third-order valence-corrected chi connectivity index (χ3v) is 1.42. The van der Waals surface area contributed by atoms with Gasteiger partial charge in [0.2, 0.25) is 0 Å². The van der Waals surface area contributed by atoms with Gasteiger partial charge in [-0.25, -0.2) is 4.79 Å². The fourth-order valence-electron chi connectivity index (χ4n) is 0.812. The summed E-state index contributed by atoms with van der Waals surface area (Å²) in [7, 11) is 0. The van der Waals surface area contributed by atoms with Crippen molar-refractivity contribution in [1.82, 2.24) is 0 Å². The van der Waals surface area contributed by atoms with E-state index in [1.165, 1.54) is 24.3 Å². The summed E-state index contributed by atoms with van der Waals surface area (Å²) in [4.78, 5) is 10.1. The average molecular weight is 257 g/mol. The Morgan fingerprint density at radius 3 is 2.36 bits per heavy atom. The standard InChI is InChI=1S/C9H8O4.GeH4/c10-7-3-1-6(5-8(7)11)2-4-9(12)13;/h1-5,10-11H,(H,12,13);1H4/b4-2+;. The molecule has 14 heavy (non-hydrogen) atoms. The molecule has 1 aromatic rings. The Labute approximate surface area is 91.5 Å². The van der Waals surface area contributed by atoms with E-state index in [9.17, 15) is 4.79 Å². The minimum absolute atomic E-state index is 0. The van der Waals surface area contributed by atoms with E-state index in [2.05, 4.69) is 0 Å². The molecule has 1 aromatic carbocycles. The monoisotopic (exact) mass is 258 g/mol. The molecule has 0 aromatic heterocycles. The van der Waals surface area contributed by atoms with Gasteiger partial charge in [-0.15, -0.1) is 0 Å². The molecule has 0 aliphatic rings. The van der Waals surface area contributed by atoms with Gasteiger partial charge in [-0.3, -0.25) is 0 Å². The van der Waals surface area contributed by atoms with Crippen molar-refractivity contribution in [2.45, 2.75) is 0 Å². The molecule has 0 spiro atoms. The predicted molar refractivity (Wildman–Crippen MR) is 57.8 cm³/mol. The zero-order valence-corrected chi connectivity index (χ0v) is 6.64. The first-order chi connectivity index (χ1) is 6.09.